The van der Waals surface area contributed by atoms with Gasteiger partial charge in [0.05, 0.1) is 6.61 Å². The van der Waals surface area contributed by atoms with Crippen molar-refractivity contribution < 1.29 is 24.2 Å². The lowest BCUT2D eigenvalue weighted by atomic mass is 10.1. The zero-order valence-corrected chi connectivity index (χ0v) is 21.8. The fraction of sp³-hybridized carbons (Fsp3) is 0.533. The second-order valence-electron chi connectivity index (χ2n) is 8.15. The molecular weight excluding hydrogens is 440 g/mol. The lowest BCUT2D eigenvalue weighted by molar-refractivity contribution is -0.161. The summed E-state index contributed by atoms with van der Waals surface area (Å²) in [7, 11) is 0. The Labute approximate surface area is 213 Å². The van der Waals surface area contributed by atoms with Gasteiger partial charge in [-0.3, -0.25) is 9.59 Å². The Hall–Kier alpha value is -2.66. The molecule has 0 aliphatic heterocycles. The van der Waals surface area contributed by atoms with E-state index in [1.54, 1.807) is 0 Å². The molecule has 0 rings (SSSR count). The van der Waals surface area contributed by atoms with E-state index in [2.05, 4.69) is 26.0 Å². The van der Waals surface area contributed by atoms with E-state index < -0.39 is 12.1 Å². The molecule has 0 radical (unpaired) electrons. The zero-order valence-electron chi connectivity index (χ0n) is 21.8. The lowest BCUT2D eigenvalue weighted by Crippen LogP contribution is -2.28. The van der Waals surface area contributed by atoms with E-state index in [0.717, 1.165) is 19.3 Å². The molecule has 0 spiro atoms. The minimum Gasteiger partial charge on any atom is -0.462 e. The predicted molar refractivity (Wildman–Crippen MR) is 145 cm³/mol. The van der Waals surface area contributed by atoms with E-state index in [1.165, 1.54) is 25.7 Å². The molecule has 0 heterocycles. The molecule has 196 valence electrons. The van der Waals surface area contributed by atoms with Gasteiger partial charge in [0.2, 0.25) is 0 Å². The number of ether oxygens (including phenoxy) is 2. The van der Waals surface area contributed by atoms with Gasteiger partial charge in [-0.15, -0.1) is 0 Å². The van der Waals surface area contributed by atoms with Crippen LogP contribution in [0.2, 0.25) is 0 Å². The molecule has 0 bridgehead atoms. The number of aliphatic hydroxyl groups is 1. The summed E-state index contributed by atoms with van der Waals surface area (Å²) >= 11 is 0. The molecule has 1 unspecified atom stereocenters. The number of esters is 2. The Morgan fingerprint density at radius 2 is 1.31 bits per heavy atom. The molecule has 0 aromatic heterocycles. The van der Waals surface area contributed by atoms with E-state index in [9.17, 15) is 14.7 Å². The summed E-state index contributed by atoms with van der Waals surface area (Å²) in [5, 5.41) is 9.39. The molecule has 0 fully saturated rings. The molecule has 0 aliphatic rings. The van der Waals surface area contributed by atoms with Crippen LogP contribution in [0.5, 0.6) is 0 Å². The van der Waals surface area contributed by atoms with Gasteiger partial charge in [0, 0.05) is 12.8 Å². The summed E-state index contributed by atoms with van der Waals surface area (Å²) in [6.45, 7) is 3.79. The van der Waals surface area contributed by atoms with Crippen LogP contribution in [0.3, 0.4) is 0 Å². The highest BCUT2D eigenvalue weighted by Crippen LogP contribution is 2.06. The second-order valence-corrected chi connectivity index (χ2v) is 8.15. The molecular formula is C30H46O5. The van der Waals surface area contributed by atoms with Crippen LogP contribution in [0, 0.1) is 0 Å². The van der Waals surface area contributed by atoms with Crippen LogP contribution < -0.4 is 0 Å². The number of carbonyl (C=O) groups is 2. The van der Waals surface area contributed by atoms with Crippen molar-refractivity contribution in [2.75, 3.05) is 13.2 Å². The number of carbonyl (C=O) groups excluding carboxylic acids is 2. The first kappa shape index (κ1) is 32.3. The van der Waals surface area contributed by atoms with E-state index in [0.29, 0.717) is 12.8 Å². The van der Waals surface area contributed by atoms with Crippen molar-refractivity contribution in [3.8, 4) is 0 Å². The number of unbranched alkanes of at least 4 members (excludes halogenated alkanes) is 5. The topological polar surface area (TPSA) is 72.8 Å². The summed E-state index contributed by atoms with van der Waals surface area (Å²) in [6, 6.07) is 0. The Balaban J connectivity index is 3.89. The highest BCUT2D eigenvalue weighted by Gasteiger charge is 2.15. The molecule has 5 heteroatoms. The third kappa shape index (κ3) is 24.3. The van der Waals surface area contributed by atoms with Crippen LogP contribution >= 0.6 is 0 Å². The third-order valence-electron chi connectivity index (χ3n) is 4.88. The summed E-state index contributed by atoms with van der Waals surface area (Å²) in [6.07, 6.45) is 32.6. The fourth-order valence-corrected chi connectivity index (χ4v) is 2.89. The Bertz CT molecular complexity index is 698. The van der Waals surface area contributed by atoms with Gasteiger partial charge in [0.25, 0.3) is 0 Å². The lowest BCUT2D eigenvalue weighted by Gasteiger charge is -2.15. The van der Waals surface area contributed by atoms with Gasteiger partial charge in [-0.1, -0.05) is 106 Å². The number of hydrogen-bond donors (Lipinski definition) is 1. The Morgan fingerprint density at radius 1 is 0.686 bits per heavy atom. The maximum atomic E-state index is 11.9. The van der Waals surface area contributed by atoms with Crippen molar-refractivity contribution in [3.63, 3.8) is 0 Å². The normalized spacial score (nSPS) is 13.3. The van der Waals surface area contributed by atoms with Gasteiger partial charge in [0.15, 0.2) is 6.10 Å². The van der Waals surface area contributed by atoms with Crippen molar-refractivity contribution >= 4 is 11.9 Å². The summed E-state index contributed by atoms with van der Waals surface area (Å²) in [4.78, 5) is 23.8. The smallest absolute Gasteiger partial charge is 0.306 e. The monoisotopic (exact) mass is 486 g/mol. The Morgan fingerprint density at radius 3 is 1.97 bits per heavy atom. The summed E-state index contributed by atoms with van der Waals surface area (Å²) in [5.41, 5.74) is 0. The number of hydrogen-bond acceptors (Lipinski definition) is 5. The van der Waals surface area contributed by atoms with Crippen LogP contribution in [0.1, 0.15) is 84.5 Å². The van der Waals surface area contributed by atoms with Gasteiger partial charge in [0.1, 0.15) is 6.61 Å². The molecule has 0 amide bonds. The molecule has 5 nitrogen and oxygen atoms in total. The second kappa shape index (κ2) is 26.0. The highest BCUT2D eigenvalue weighted by atomic mass is 16.6. The SMILES string of the molecule is CC/C=C/C=C/C=C/C=C/C=C/CCCC(=O)OCC(CO)OC(=O)CC/C=C/CCCCCC. The van der Waals surface area contributed by atoms with E-state index in [1.807, 2.05) is 60.8 Å². The van der Waals surface area contributed by atoms with Crippen LogP contribution in [-0.4, -0.2) is 36.4 Å². The summed E-state index contributed by atoms with van der Waals surface area (Å²) in [5.74, 6) is -0.755. The quantitative estimate of drug-likeness (QED) is 0.0810. The van der Waals surface area contributed by atoms with Gasteiger partial charge < -0.3 is 14.6 Å². The highest BCUT2D eigenvalue weighted by molar-refractivity contribution is 5.70. The molecule has 0 saturated heterocycles. The van der Waals surface area contributed by atoms with Crippen LogP contribution in [0.4, 0.5) is 0 Å². The van der Waals surface area contributed by atoms with E-state index in [4.69, 9.17) is 9.47 Å². The third-order valence-corrected chi connectivity index (χ3v) is 4.88. The van der Waals surface area contributed by atoms with Gasteiger partial charge in [-0.05, 0) is 38.5 Å². The molecule has 0 aliphatic carbocycles. The van der Waals surface area contributed by atoms with E-state index >= 15 is 0 Å². The average molecular weight is 487 g/mol. The van der Waals surface area contributed by atoms with Gasteiger partial charge in [-0.2, -0.15) is 0 Å². The van der Waals surface area contributed by atoms with Crippen molar-refractivity contribution in [2.24, 2.45) is 0 Å². The standard InChI is InChI=1S/C30H46O5/c1-3-5-7-9-11-13-14-15-16-17-19-20-22-24-29(32)34-27-28(26-31)35-30(33)25-23-21-18-12-10-8-6-4-2/h5,7,9,11,13-19,21,28,31H,3-4,6,8,10,12,20,22-27H2,1-2H3/b7-5+,11-9+,14-13+,16-15+,19-17+,21-18+. The predicted octanol–water partition coefficient (Wildman–Crippen LogP) is 7.10. The first-order chi connectivity index (χ1) is 17.1. The van der Waals surface area contributed by atoms with Crippen LogP contribution in [0.25, 0.3) is 0 Å². The number of rotatable bonds is 21. The maximum Gasteiger partial charge on any atom is 0.306 e. The first-order valence-electron chi connectivity index (χ1n) is 13.1. The fourth-order valence-electron chi connectivity index (χ4n) is 2.89. The van der Waals surface area contributed by atoms with Crippen molar-refractivity contribution in [1.29, 1.82) is 0 Å². The van der Waals surface area contributed by atoms with Crippen LogP contribution in [-0.2, 0) is 19.1 Å². The van der Waals surface area contributed by atoms with Crippen molar-refractivity contribution in [3.05, 3.63) is 72.9 Å². The molecule has 1 atom stereocenters. The maximum absolute atomic E-state index is 11.9. The number of allylic oxidation sites excluding steroid dienone is 12. The number of aliphatic hydroxyl groups excluding tert-OH is 1. The van der Waals surface area contributed by atoms with Crippen molar-refractivity contribution in [1.82, 2.24) is 0 Å². The first-order valence-corrected chi connectivity index (χ1v) is 13.1. The zero-order chi connectivity index (χ0) is 25.8. The molecule has 0 aromatic carbocycles. The van der Waals surface area contributed by atoms with Gasteiger partial charge in [-0.25, -0.2) is 0 Å². The molecule has 0 aromatic rings. The van der Waals surface area contributed by atoms with Crippen molar-refractivity contribution in [2.45, 2.75) is 90.6 Å². The molecule has 0 saturated carbocycles. The van der Waals surface area contributed by atoms with Crippen LogP contribution in [0.15, 0.2) is 72.9 Å². The average Bonchev–Trinajstić information content (AvgIpc) is 2.86. The van der Waals surface area contributed by atoms with Gasteiger partial charge >= 0.3 is 11.9 Å². The summed E-state index contributed by atoms with van der Waals surface area (Å²) < 4.78 is 10.3. The van der Waals surface area contributed by atoms with E-state index in [-0.39, 0.29) is 32.0 Å². The largest absolute Gasteiger partial charge is 0.462 e. The molecule has 35 heavy (non-hydrogen) atoms. The minimum absolute atomic E-state index is 0.123. The Kier molecular flexibility index (Phi) is 24.0. The minimum atomic E-state index is -0.819. The molecule has 1 N–H and O–H groups in total.